The van der Waals surface area contributed by atoms with Crippen LogP contribution in [0.25, 0.3) is 17.0 Å². The first-order valence-corrected chi connectivity index (χ1v) is 10.7. The highest BCUT2D eigenvalue weighted by atomic mass is 15.1. The highest BCUT2D eigenvalue weighted by molar-refractivity contribution is 5.67. The van der Waals surface area contributed by atoms with Gasteiger partial charge in [0.05, 0.1) is 35.2 Å². The molecule has 5 rings (SSSR count). The third-order valence-corrected chi connectivity index (χ3v) is 5.78. The van der Waals surface area contributed by atoms with Crippen LogP contribution in [0.2, 0.25) is 0 Å². The zero-order chi connectivity index (χ0) is 21.2. The highest BCUT2D eigenvalue weighted by Crippen LogP contribution is 2.26. The quantitative estimate of drug-likeness (QED) is 0.454. The molecule has 0 radical (unpaired) electrons. The number of aryl methyl sites for hydroxylation is 1. The minimum absolute atomic E-state index is 0.320. The number of fused-ring (bicyclic) bond motifs is 1. The van der Waals surface area contributed by atoms with Crippen molar-refractivity contribution in [1.82, 2.24) is 24.3 Å². The van der Waals surface area contributed by atoms with Crippen molar-refractivity contribution >= 4 is 23.0 Å². The molecule has 4 aromatic rings. The van der Waals surface area contributed by atoms with Crippen molar-refractivity contribution in [1.29, 1.82) is 0 Å². The summed E-state index contributed by atoms with van der Waals surface area (Å²) in [6.45, 7) is 2.02. The van der Waals surface area contributed by atoms with Crippen LogP contribution in [-0.4, -0.2) is 36.4 Å². The van der Waals surface area contributed by atoms with Gasteiger partial charge in [0, 0.05) is 30.7 Å². The minimum atomic E-state index is 0.320. The molecular formula is C23H26N8. The van der Waals surface area contributed by atoms with E-state index in [1.807, 2.05) is 49.8 Å². The molecule has 4 N–H and O–H groups in total. The standard InChI is InChI=1S/C23H26N8/c1-15-11-27-23(29-17-6-4-16(24)5-7-17)30-22(15)20-13-26-21-9-8-19(14-31(20)21)28-18-3-2-10-25-12-18/h2-3,8-14,16-17,28H,4-7,24H2,1H3,(H,27,29,30)/t16-,17+. The van der Waals surface area contributed by atoms with Crippen LogP contribution < -0.4 is 16.4 Å². The van der Waals surface area contributed by atoms with Gasteiger partial charge in [0.25, 0.3) is 0 Å². The Bertz CT molecular complexity index is 1180. The second kappa shape index (κ2) is 8.31. The van der Waals surface area contributed by atoms with E-state index in [9.17, 15) is 0 Å². The van der Waals surface area contributed by atoms with E-state index < -0.39 is 0 Å². The van der Waals surface area contributed by atoms with Crippen molar-refractivity contribution in [2.45, 2.75) is 44.7 Å². The smallest absolute Gasteiger partial charge is 0.223 e. The van der Waals surface area contributed by atoms with E-state index in [2.05, 4.69) is 30.0 Å². The fourth-order valence-electron chi connectivity index (χ4n) is 4.05. The summed E-state index contributed by atoms with van der Waals surface area (Å²) in [4.78, 5) is 18.1. The second-order valence-corrected chi connectivity index (χ2v) is 8.14. The lowest BCUT2D eigenvalue weighted by Crippen LogP contribution is -2.33. The molecule has 158 valence electrons. The van der Waals surface area contributed by atoms with Gasteiger partial charge in [0.2, 0.25) is 5.95 Å². The fraction of sp³-hybridized carbons (Fsp3) is 0.304. The number of anilines is 3. The molecule has 0 bridgehead atoms. The van der Waals surface area contributed by atoms with Crippen LogP contribution in [0, 0.1) is 6.92 Å². The number of imidazole rings is 1. The summed E-state index contributed by atoms with van der Waals surface area (Å²) in [5.41, 5.74) is 11.6. The van der Waals surface area contributed by atoms with E-state index in [0.717, 1.165) is 59.7 Å². The number of hydrogen-bond acceptors (Lipinski definition) is 7. The maximum absolute atomic E-state index is 6.03. The Balaban J connectivity index is 1.45. The van der Waals surface area contributed by atoms with Crippen LogP contribution in [0.5, 0.6) is 0 Å². The predicted octanol–water partition coefficient (Wildman–Crippen LogP) is 3.92. The van der Waals surface area contributed by atoms with Gasteiger partial charge < -0.3 is 16.4 Å². The lowest BCUT2D eigenvalue weighted by molar-refractivity contribution is 0.410. The lowest BCUT2D eigenvalue weighted by atomic mass is 9.92. The first-order valence-electron chi connectivity index (χ1n) is 10.7. The summed E-state index contributed by atoms with van der Waals surface area (Å²) in [6, 6.07) is 8.57. The van der Waals surface area contributed by atoms with Crippen LogP contribution in [0.4, 0.5) is 17.3 Å². The van der Waals surface area contributed by atoms with Gasteiger partial charge in [0.15, 0.2) is 0 Å². The first-order chi connectivity index (χ1) is 15.2. The van der Waals surface area contributed by atoms with Gasteiger partial charge in [-0.15, -0.1) is 0 Å². The van der Waals surface area contributed by atoms with E-state index in [0.29, 0.717) is 18.0 Å². The van der Waals surface area contributed by atoms with E-state index in [4.69, 9.17) is 10.7 Å². The molecule has 1 fully saturated rings. The first kappa shape index (κ1) is 19.4. The number of rotatable bonds is 5. The summed E-state index contributed by atoms with van der Waals surface area (Å²) in [5.74, 6) is 0.653. The van der Waals surface area contributed by atoms with Crippen molar-refractivity contribution in [2.75, 3.05) is 10.6 Å². The molecule has 4 heterocycles. The number of nitrogens with one attached hydrogen (secondary N) is 2. The van der Waals surface area contributed by atoms with E-state index in [1.165, 1.54) is 0 Å². The Labute approximate surface area is 181 Å². The minimum Gasteiger partial charge on any atom is -0.353 e. The van der Waals surface area contributed by atoms with Gasteiger partial charge >= 0.3 is 0 Å². The molecular weight excluding hydrogens is 388 g/mol. The molecule has 0 aliphatic heterocycles. The topological polar surface area (TPSA) is 106 Å². The lowest BCUT2D eigenvalue weighted by Gasteiger charge is -2.26. The largest absolute Gasteiger partial charge is 0.353 e. The molecule has 0 amide bonds. The van der Waals surface area contributed by atoms with Crippen LogP contribution in [0.3, 0.4) is 0 Å². The second-order valence-electron chi connectivity index (χ2n) is 8.14. The average molecular weight is 415 g/mol. The summed E-state index contributed by atoms with van der Waals surface area (Å²) in [6.07, 6.45) is 13.5. The molecule has 0 saturated heterocycles. The molecule has 0 atom stereocenters. The van der Waals surface area contributed by atoms with E-state index >= 15 is 0 Å². The summed E-state index contributed by atoms with van der Waals surface area (Å²) < 4.78 is 2.05. The SMILES string of the molecule is Cc1cnc(N[C@H]2CC[C@@H](N)CC2)nc1-c1cnc2ccc(Nc3cccnc3)cn12. The summed E-state index contributed by atoms with van der Waals surface area (Å²) in [5, 5.41) is 6.88. The Kier molecular flexibility index (Phi) is 5.21. The fourth-order valence-corrected chi connectivity index (χ4v) is 4.05. The van der Waals surface area contributed by atoms with Crippen molar-refractivity contribution < 1.29 is 0 Å². The molecule has 0 aromatic carbocycles. The highest BCUT2D eigenvalue weighted by Gasteiger charge is 2.20. The van der Waals surface area contributed by atoms with Gasteiger partial charge in [-0.05, 0) is 62.4 Å². The molecule has 4 aromatic heterocycles. The molecule has 8 nitrogen and oxygen atoms in total. The van der Waals surface area contributed by atoms with Gasteiger partial charge in [-0.2, -0.15) is 0 Å². The van der Waals surface area contributed by atoms with Gasteiger partial charge in [0.1, 0.15) is 5.65 Å². The Morgan fingerprint density at radius 2 is 1.87 bits per heavy atom. The van der Waals surface area contributed by atoms with E-state index in [1.54, 1.807) is 12.4 Å². The monoisotopic (exact) mass is 414 g/mol. The Morgan fingerprint density at radius 1 is 1.00 bits per heavy atom. The van der Waals surface area contributed by atoms with Gasteiger partial charge in [-0.25, -0.2) is 15.0 Å². The number of nitrogens with zero attached hydrogens (tertiary/aromatic N) is 5. The zero-order valence-corrected chi connectivity index (χ0v) is 17.5. The Morgan fingerprint density at radius 3 is 2.68 bits per heavy atom. The van der Waals surface area contributed by atoms with Crippen molar-refractivity contribution in [3.05, 3.63) is 60.8 Å². The molecule has 31 heavy (non-hydrogen) atoms. The molecule has 1 aliphatic carbocycles. The normalized spacial score (nSPS) is 18.8. The van der Waals surface area contributed by atoms with E-state index in [-0.39, 0.29) is 0 Å². The van der Waals surface area contributed by atoms with Gasteiger partial charge in [-0.3, -0.25) is 9.38 Å². The summed E-state index contributed by atoms with van der Waals surface area (Å²) >= 11 is 0. The average Bonchev–Trinajstić information content (AvgIpc) is 3.20. The van der Waals surface area contributed by atoms with Crippen molar-refractivity contribution in [3.63, 3.8) is 0 Å². The zero-order valence-electron chi connectivity index (χ0n) is 17.5. The third kappa shape index (κ3) is 4.20. The van der Waals surface area contributed by atoms with Crippen LogP contribution in [0.15, 0.2) is 55.2 Å². The number of pyridine rings is 2. The summed E-state index contributed by atoms with van der Waals surface area (Å²) in [7, 11) is 0. The van der Waals surface area contributed by atoms with Crippen LogP contribution >= 0.6 is 0 Å². The molecule has 0 unspecified atom stereocenters. The van der Waals surface area contributed by atoms with Crippen molar-refractivity contribution in [3.8, 4) is 11.4 Å². The molecule has 1 aliphatic rings. The maximum Gasteiger partial charge on any atom is 0.223 e. The molecule has 8 heteroatoms. The molecule has 1 saturated carbocycles. The maximum atomic E-state index is 6.03. The molecule has 0 spiro atoms. The van der Waals surface area contributed by atoms with Crippen LogP contribution in [-0.2, 0) is 0 Å². The number of nitrogens with two attached hydrogens (primary N) is 1. The number of hydrogen-bond donors (Lipinski definition) is 3. The van der Waals surface area contributed by atoms with Gasteiger partial charge in [-0.1, -0.05) is 0 Å². The predicted molar refractivity (Wildman–Crippen MR) is 122 cm³/mol. The van der Waals surface area contributed by atoms with Crippen molar-refractivity contribution in [2.24, 2.45) is 5.73 Å². The Hall–Kier alpha value is -3.52. The third-order valence-electron chi connectivity index (χ3n) is 5.78. The number of aromatic nitrogens is 5. The van der Waals surface area contributed by atoms with Crippen LogP contribution in [0.1, 0.15) is 31.2 Å².